The van der Waals surface area contributed by atoms with Crippen LogP contribution in [0.5, 0.6) is 17.2 Å². The van der Waals surface area contributed by atoms with Crippen molar-refractivity contribution in [2.75, 3.05) is 19.4 Å². The van der Waals surface area contributed by atoms with Crippen LogP contribution in [-0.4, -0.2) is 79.3 Å². The minimum atomic E-state index is -5.11. The number of benzene rings is 3. The van der Waals surface area contributed by atoms with Crippen molar-refractivity contribution in [1.82, 2.24) is 10.6 Å². The molecule has 342 valence electrons. The van der Waals surface area contributed by atoms with Crippen molar-refractivity contribution in [1.29, 1.82) is 0 Å². The van der Waals surface area contributed by atoms with E-state index >= 15 is 0 Å². The Morgan fingerprint density at radius 3 is 2.18 bits per heavy atom. The number of hydrogen-bond donors (Lipinski definition) is 7. The first-order valence-electron chi connectivity index (χ1n) is 19.8. The summed E-state index contributed by atoms with van der Waals surface area (Å²) in [7, 11) is -9.39. The number of aliphatic hydroxyl groups is 1. The van der Waals surface area contributed by atoms with Crippen molar-refractivity contribution < 1.29 is 70.9 Å². The van der Waals surface area contributed by atoms with Crippen LogP contribution in [0.1, 0.15) is 87.5 Å². The van der Waals surface area contributed by atoms with Gasteiger partial charge in [0, 0.05) is 30.0 Å². The normalized spacial score (nSPS) is 20.7. The lowest BCUT2D eigenvalue weighted by atomic mass is 9.59. The summed E-state index contributed by atoms with van der Waals surface area (Å²) in [6.45, 7) is 6.12. The predicted molar refractivity (Wildman–Crippen MR) is 226 cm³/mol. The molecule has 0 radical (unpaired) electrons. The first-order chi connectivity index (χ1) is 28.8. The first-order valence-corrected chi connectivity index (χ1v) is 23.9. The van der Waals surface area contributed by atoms with E-state index in [-0.39, 0.29) is 71.7 Å². The zero-order valence-electron chi connectivity index (χ0n) is 34.6. The van der Waals surface area contributed by atoms with Crippen molar-refractivity contribution >= 4 is 50.4 Å². The third-order valence-corrected chi connectivity index (χ3v) is 13.3. The number of halogens is 4. The lowest BCUT2D eigenvalue weighted by molar-refractivity contribution is -0.200. The molecule has 7 N–H and O–H groups in total. The van der Waals surface area contributed by atoms with Gasteiger partial charge in [-0.25, -0.2) is 13.3 Å². The van der Waals surface area contributed by atoms with Crippen molar-refractivity contribution in [3.05, 3.63) is 86.4 Å². The molecule has 3 fully saturated rings. The molecule has 3 aromatic carbocycles. The number of aliphatic hydroxyl groups excluding tert-OH is 1. The number of phosphoric acid groups is 1. The van der Waals surface area contributed by atoms with Gasteiger partial charge in [0.15, 0.2) is 12.9 Å². The summed E-state index contributed by atoms with van der Waals surface area (Å²) < 4.78 is 74.7. The highest BCUT2D eigenvalue weighted by Crippen LogP contribution is 2.51. The van der Waals surface area contributed by atoms with Gasteiger partial charge in [-0.1, -0.05) is 43.1 Å². The summed E-state index contributed by atoms with van der Waals surface area (Å²) >= 11 is 11.6. The van der Waals surface area contributed by atoms with Gasteiger partial charge in [0.1, 0.15) is 28.9 Å². The van der Waals surface area contributed by atoms with E-state index in [9.17, 15) is 52.2 Å². The second-order valence-corrected chi connectivity index (χ2v) is 20.5. The number of carbonyl (C=O) groups excluding carboxylic acids is 2. The van der Waals surface area contributed by atoms with E-state index in [0.29, 0.717) is 48.1 Å². The molecule has 62 heavy (non-hydrogen) atoms. The van der Waals surface area contributed by atoms with Gasteiger partial charge < -0.3 is 44.3 Å². The molecular weight excluding hydrogens is 899 g/mol. The van der Waals surface area contributed by atoms with E-state index in [1.807, 2.05) is 0 Å². The third kappa shape index (κ3) is 13.1. The average Bonchev–Trinajstić information content (AvgIpc) is 3.14. The van der Waals surface area contributed by atoms with Crippen molar-refractivity contribution in [2.24, 2.45) is 0 Å². The Balaban J connectivity index is 1.38. The summed E-state index contributed by atoms with van der Waals surface area (Å²) in [5, 5.41) is 17.8. The van der Waals surface area contributed by atoms with E-state index in [4.69, 9.17) is 41.9 Å². The molecule has 3 saturated carbocycles. The monoisotopic (exact) mass is 950 g/mol. The lowest BCUT2D eigenvalue weighted by Gasteiger charge is -2.58. The SMILES string of the molecule is Cc1cc(OP(=O)(O)O)c(C(C)(C)CC(O)O[C@H]2CC3(NC(=O)COc4ccc(Cl)c(F)c4)CCC2(NC(=O)CCc2ccc(Cl)c(F)c2)CC3)c(C)c1OCCCP(=O)(O)O. The van der Waals surface area contributed by atoms with Crippen LogP contribution in [0.15, 0.2) is 42.5 Å². The van der Waals surface area contributed by atoms with Gasteiger partial charge in [-0.3, -0.25) is 23.9 Å². The van der Waals surface area contributed by atoms with Crippen LogP contribution in [0.3, 0.4) is 0 Å². The number of amides is 2. The van der Waals surface area contributed by atoms with Crippen LogP contribution >= 0.6 is 38.6 Å². The minimum absolute atomic E-state index is 0.00555. The van der Waals surface area contributed by atoms with Crippen LogP contribution < -0.4 is 24.6 Å². The quantitative estimate of drug-likeness (QED) is 0.0342. The van der Waals surface area contributed by atoms with Crippen LogP contribution in [0.4, 0.5) is 8.78 Å². The van der Waals surface area contributed by atoms with Gasteiger partial charge in [0.2, 0.25) is 5.91 Å². The van der Waals surface area contributed by atoms with E-state index in [1.165, 1.54) is 30.3 Å². The highest BCUT2D eigenvalue weighted by atomic mass is 35.5. The minimum Gasteiger partial charge on any atom is -0.493 e. The Morgan fingerprint density at radius 2 is 1.56 bits per heavy atom. The fourth-order valence-electron chi connectivity index (χ4n) is 8.56. The lowest BCUT2D eigenvalue weighted by Crippen LogP contribution is -2.71. The number of nitrogens with one attached hydrogen (secondary N) is 2. The van der Waals surface area contributed by atoms with Crippen LogP contribution in [0.2, 0.25) is 10.0 Å². The Hall–Kier alpha value is -3.34. The van der Waals surface area contributed by atoms with Crippen LogP contribution in [-0.2, 0) is 35.3 Å². The third-order valence-electron chi connectivity index (χ3n) is 11.4. The first kappa shape index (κ1) is 49.7. The maximum Gasteiger partial charge on any atom is 0.524 e. The molecule has 0 aliphatic heterocycles. The zero-order chi connectivity index (χ0) is 45.8. The van der Waals surface area contributed by atoms with E-state index < -0.39 is 74.6 Å². The Labute approximate surface area is 368 Å². The number of fused-ring (bicyclic) bond motifs is 3. The Morgan fingerprint density at radius 1 is 0.919 bits per heavy atom. The smallest absolute Gasteiger partial charge is 0.493 e. The molecule has 2 amide bonds. The molecular formula is C41H52Cl2F2N2O13P2. The van der Waals surface area contributed by atoms with Crippen molar-refractivity contribution in [2.45, 2.75) is 114 Å². The molecule has 2 bridgehead atoms. The number of hydrogen-bond acceptors (Lipinski definition) is 9. The number of carbonyl (C=O) groups is 2. The molecule has 3 aliphatic rings. The standard InChI is InChI=1S/C41H52Cl2F2N2O13P2/c1-24-18-32(60-62(54,55)56)37(25(2)38(24)57-16-5-17-61(51,52)53)39(3,4)22-36(50)59-33-21-40(46-35(49)23-58-27-8-10-29(43)31(45)20-27)12-14-41(33,15-13-40)47-34(48)11-7-26-6-9-28(42)30(44)19-26/h6,8-10,18-20,33,36,50H,5,7,11-17,21-23H2,1-4H3,(H,46,49)(H,47,48)(H2,51,52,53)(H2,54,55,56)/t33-,36?,40?,41?/m0/s1. The zero-order valence-corrected chi connectivity index (χ0v) is 37.9. The molecule has 0 heterocycles. The van der Waals surface area contributed by atoms with Gasteiger partial charge in [-0.2, -0.15) is 0 Å². The van der Waals surface area contributed by atoms with Gasteiger partial charge in [0.05, 0.1) is 34.5 Å². The van der Waals surface area contributed by atoms with Crippen LogP contribution in [0.25, 0.3) is 0 Å². The predicted octanol–water partition coefficient (Wildman–Crippen LogP) is 7.08. The second-order valence-electron chi connectivity index (χ2n) is 16.7. The molecule has 3 aromatic rings. The van der Waals surface area contributed by atoms with Crippen molar-refractivity contribution in [3.63, 3.8) is 0 Å². The second kappa shape index (κ2) is 19.8. The highest BCUT2D eigenvalue weighted by molar-refractivity contribution is 7.51. The number of phosphoric ester groups is 1. The molecule has 0 saturated heterocycles. The highest BCUT2D eigenvalue weighted by Gasteiger charge is 2.57. The molecule has 3 aliphatic carbocycles. The van der Waals surface area contributed by atoms with Gasteiger partial charge >= 0.3 is 15.4 Å². The molecule has 0 spiro atoms. The van der Waals surface area contributed by atoms with E-state index in [2.05, 4.69) is 10.6 Å². The summed E-state index contributed by atoms with van der Waals surface area (Å²) in [6, 6.07) is 9.46. The summed E-state index contributed by atoms with van der Waals surface area (Å²) in [6.07, 6.45) is -1.16. The molecule has 1 unspecified atom stereocenters. The Kier molecular flexibility index (Phi) is 15.9. The molecule has 6 rings (SSSR count). The average molecular weight is 952 g/mol. The molecule has 21 heteroatoms. The molecule has 15 nitrogen and oxygen atoms in total. The topological polar surface area (TPSA) is 230 Å². The van der Waals surface area contributed by atoms with Crippen molar-refractivity contribution in [3.8, 4) is 17.2 Å². The summed E-state index contributed by atoms with van der Waals surface area (Å²) in [4.78, 5) is 65.1. The fourth-order valence-corrected chi connectivity index (χ4v) is 9.74. The van der Waals surface area contributed by atoms with E-state index in [1.54, 1.807) is 33.8 Å². The largest absolute Gasteiger partial charge is 0.524 e. The van der Waals surface area contributed by atoms with Gasteiger partial charge in [0.25, 0.3) is 5.91 Å². The summed E-state index contributed by atoms with van der Waals surface area (Å²) in [5.74, 6) is -1.97. The number of rotatable bonds is 20. The van der Waals surface area contributed by atoms with Gasteiger partial charge in [-0.05, 0) is 111 Å². The van der Waals surface area contributed by atoms with E-state index in [0.717, 1.165) is 6.07 Å². The van der Waals surface area contributed by atoms with Gasteiger partial charge in [-0.15, -0.1) is 0 Å². The summed E-state index contributed by atoms with van der Waals surface area (Å²) in [5.41, 5.74) is -1.36. The fraction of sp³-hybridized carbons (Fsp3) is 0.512. The molecule has 0 aromatic heterocycles. The number of aryl methyl sites for hydroxylation is 2. The maximum atomic E-state index is 14.1. The Bertz CT molecular complexity index is 2230. The molecule has 2 atom stereocenters. The number of ether oxygens (including phenoxy) is 3. The maximum absolute atomic E-state index is 14.1. The van der Waals surface area contributed by atoms with Crippen LogP contribution in [0, 0.1) is 25.5 Å².